The monoisotopic (exact) mass is 278 g/mol. The van der Waals surface area contributed by atoms with E-state index in [9.17, 15) is 9.59 Å². The molecule has 0 aromatic carbocycles. The SMILES string of the molecule is C#CCN(CC)C(=O)N1C2CCC1CC(CC(=O)O)C2. The topological polar surface area (TPSA) is 60.9 Å². The van der Waals surface area contributed by atoms with E-state index in [1.807, 2.05) is 11.8 Å². The van der Waals surface area contributed by atoms with Crippen molar-refractivity contribution < 1.29 is 14.7 Å². The number of carboxylic acids is 1. The summed E-state index contributed by atoms with van der Waals surface area (Å²) in [6, 6.07) is 0.404. The fraction of sp³-hybridized carbons (Fsp3) is 0.733. The van der Waals surface area contributed by atoms with Gasteiger partial charge in [-0.3, -0.25) is 4.79 Å². The number of urea groups is 1. The van der Waals surface area contributed by atoms with E-state index in [0.717, 1.165) is 25.7 Å². The van der Waals surface area contributed by atoms with Gasteiger partial charge >= 0.3 is 12.0 Å². The van der Waals surface area contributed by atoms with Crippen LogP contribution < -0.4 is 0 Å². The maximum absolute atomic E-state index is 12.5. The van der Waals surface area contributed by atoms with Crippen molar-refractivity contribution in [3.8, 4) is 12.3 Å². The van der Waals surface area contributed by atoms with Gasteiger partial charge in [-0.25, -0.2) is 4.79 Å². The minimum atomic E-state index is -0.739. The molecule has 2 aliphatic rings. The predicted octanol–water partition coefficient (Wildman–Crippen LogP) is 1.78. The molecule has 2 heterocycles. The number of hydrogen-bond acceptors (Lipinski definition) is 2. The summed E-state index contributed by atoms with van der Waals surface area (Å²) in [6.07, 6.45) is 9.11. The van der Waals surface area contributed by atoms with Crippen LogP contribution in [0.4, 0.5) is 4.79 Å². The first-order valence-corrected chi connectivity index (χ1v) is 7.29. The quantitative estimate of drug-likeness (QED) is 0.797. The summed E-state index contributed by atoms with van der Waals surface area (Å²) in [4.78, 5) is 27.0. The van der Waals surface area contributed by atoms with Crippen LogP contribution in [0.25, 0.3) is 0 Å². The Labute approximate surface area is 119 Å². The summed E-state index contributed by atoms with van der Waals surface area (Å²) < 4.78 is 0. The van der Waals surface area contributed by atoms with Gasteiger partial charge in [-0.1, -0.05) is 5.92 Å². The van der Waals surface area contributed by atoms with Crippen molar-refractivity contribution in [1.82, 2.24) is 9.80 Å². The lowest BCUT2D eigenvalue weighted by Gasteiger charge is -2.40. The number of hydrogen-bond donors (Lipinski definition) is 1. The molecule has 2 bridgehead atoms. The molecule has 0 aliphatic carbocycles. The first-order valence-electron chi connectivity index (χ1n) is 7.29. The molecule has 2 amide bonds. The van der Waals surface area contributed by atoms with E-state index in [4.69, 9.17) is 11.5 Å². The van der Waals surface area contributed by atoms with Gasteiger partial charge in [0.15, 0.2) is 0 Å². The number of carbonyl (C=O) groups excluding carboxylic acids is 1. The molecule has 2 unspecified atom stereocenters. The van der Waals surface area contributed by atoms with Crippen LogP contribution in [-0.4, -0.2) is 52.1 Å². The summed E-state index contributed by atoms with van der Waals surface area (Å²) in [7, 11) is 0. The number of carboxylic acid groups (broad SMARTS) is 1. The number of nitrogens with zero attached hydrogens (tertiary/aromatic N) is 2. The molecule has 0 spiro atoms. The second-order valence-electron chi connectivity index (χ2n) is 5.73. The van der Waals surface area contributed by atoms with Crippen LogP contribution in [0, 0.1) is 18.3 Å². The molecule has 110 valence electrons. The number of amides is 2. The van der Waals surface area contributed by atoms with Crippen molar-refractivity contribution in [1.29, 1.82) is 0 Å². The minimum Gasteiger partial charge on any atom is -0.481 e. The van der Waals surface area contributed by atoms with Gasteiger partial charge in [-0.15, -0.1) is 6.42 Å². The Morgan fingerprint density at radius 1 is 1.35 bits per heavy atom. The van der Waals surface area contributed by atoms with Crippen LogP contribution in [0.3, 0.4) is 0 Å². The van der Waals surface area contributed by atoms with Crippen molar-refractivity contribution in [2.24, 2.45) is 5.92 Å². The number of terminal acetylenes is 1. The number of piperidine rings is 1. The number of carbonyl (C=O) groups is 2. The van der Waals surface area contributed by atoms with E-state index in [1.54, 1.807) is 4.90 Å². The van der Waals surface area contributed by atoms with E-state index in [-0.39, 0.29) is 30.5 Å². The Hall–Kier alpha value is -1.70. The molecule has 5 nitrogen and oxygen atoms in total. The summed E-state index contributed by atoms with van der Waals surface area (Å²) >= 11 is 0. The molecule has 0 aromatic heterocycles. The first kappa shape index (κ1) is 14.7. The number of aliphatic carboxylic acids is 1. The molecule has 0 radical (unpaired) electrons. The van der Waals surface area contributed by atoms with Gasteiger partial charge in [0.2, 0.25) is 0 Å². The Bertz CT molecular complexity index is 415. The molecule has 2 aliphatic heterocycles. The Kier molecular flexibility index (Phi) is 4.53. The van der Waals surface area contributed by atoms with E-state index in [1.165, 1.54) is 0 Å². The molecule has 2 rings (SSSR count). The summed E-state index contributed by atoms with van der Waals surface area (Å²) in [5.41, 5.74) is 0. The molecule has 1 N–H and O–H groups in total. The van der Waals surface area contributed by atoms with Crippen LogP contribution >= 0.6 is 0 Å². The zero-order valence-corrected chi connectivity index (χ0v) is 11.9. The highest BCUT2D eigenvalue weighted by Gasteiger charge is 2.44. The van der Waals surface area contributed by atoms with E-state index in [2.05, 4.69) is 5.92 Å². The zero-order chi connectivity index (χ0) is 14.7. The van der Waals surface area contributed by atoms with Gasteiger partial charge in [-0.05, 0) is 38.5 Å². The Balaban J connectivity index is 2.03. The second kappa shape index (κ2) is 6.17. The molecule has 2 atom stereocenters. The molecule has 20 heavy (non-hydrogen) atoms. The van der Waals surface area contributed by atoms with Gasteiger partial charge in [0.1, 0.15) is 0 Å². The third-order valence-corrected chi connectivity index (χ3v) is 4.45. The van der Waals surface area contributed by atoms with Crippen molar-refractivity contribution in [2.45, 2.75) is 51.1 Å². The second-order valence-corrected chi connectivity index (χ2v) is 5.73. The Morgan fingerprint density at radius 3 is 2.40 bits per heavy atom. The lowest BCUT2D eigenvalue weighted by Crippen LogP contribution is -2.52. The van der Waals surface area contributed by atoms with Crippen molar-refractivity contribution in [2.75, 3.05) is 13.1 Å². The third kappa shape index (κ3) is 2.90. The van der Waals surface area contributed by atoms with E-state index < -0.39 is 5.97 Å². The van der Waals surface area contributed by atoms with Crippen molar-refractivity contribution in [3.63, 3.8) is 0 Å². The fourth-order valence-electron chi connectivity index (χ4n) is 3.60. The molecule has 2 fully saturated rings. The molecular weight excluding hydrogens is 256 g/mol. The number of fused-ring (bicyclic) bond motifs is 2. The molecule has 0 saturated carbocycles. The third-order valence-electron chi connectivity index (χ3n) is 4.45. The fourth-order valence-corrected chi connectivity index (χ4v) is 3.60. The van der Waals surface area contributed by atoms with Crippen LogP contribution in [-0.2, 0) is 4.79 Å². The van der Waals surface area contributed by atoms with Gasteiger partial charge in [0.25, 0.3) is 0 Å². The maximum Gasteiger partial charge on any atom is 0.321 e. The van der Waals surface area contributed by atoms with Crippen LogP contribution in [0.1, 0.15) is 39.0 Å². The first-order chi connectivity index (χ1) is 9.56. The number of rotatable bonds is 4. The standard InChI is InChI=1S/C15H22N2O3/c1-3-7-16(4-2)15(20)17-12-5-6-13(17)9-11(8-12)10-14(18)19/h1,11-13H,4-10H2,2H3,(H,18,19). The van der Waals surface area contributed by atoms with Gasteiger partial charge < -0.3 is 14.9 Å². The lowest BCUT2D eigenvalue weighted by atomic mass is 9.88. The average molecular weight is 278 g/mol. The molecule has 5 heteroatoms. The molecule has 2 saturated heterocycles. The van der Waals surface area contributed by atoms with Crippen LogP contribution in [0.15, 0.2) is 0 Å². The van der Waals surface area contributed by atoms with Gasteiger partial charge in [-0.2, -0.15) is 0 Å². The summed E-state index contributed by atoms with van der Waals surface area (Å²) in [5, 5.41) is 8.92. The van der Waals surface area contributed by atoms with Gasteiger partial charge in [0.05, 0.1) is 6.54 Å². The zero-order valence-electron chi connectivity index (χ0n) is 11.9. The van der Waals surface area contributed by atoms with Crippen molar-refractivity contribution in [3.05, 3.63) is 0 Å². The largest absolute Gasteiger partial charge is 0.481 e. The highest BCUT2D eigenvalue weighted by molar-refractivity contribution is 5.76. The molecule has 0 aromatic rings. The average Bonchev–Trinajstić information content (AvgIpc) is 2.66. The summed E-state index contributed by atoms with van der Waals surface area (Å²) in [5.74, 6) is 1.99. The lowest BCUT2D eigenvalue weighted by molar-refractivity contribution is -0.138. The smallest absolute Gasteiger partial charge is 0.321 e. The van der Waals surface area contributed by atoms with Crippen LogP contribution in [0.5, 0.6) is 0 Å². The Morgan fingerprint density at radius 2 is 1.95 bits per heavy atom. The predicted molar refractivity (Wildman–Crippen MR) is 75.1 cm³/mol. The van der Waals surface area contributed by atoms with Gasteiger partial charge in [0, 0.05) is 25.0 Å². The van der Waals surface area contributed by atoms with Crippen molar-refractivity contribution >= 4 is 12.0 Å². The normalized spacial score (nSPS) is 28.0. The summed E-state index contributed by atoms with van der Waals surface area (Å²) in [6.45, 7) is 2.87. The van der Waals surface area contributed by atoms with Crippen LogP contribution in [0.2, 0.25) is 0 Å². The van der Waals surface area contributed by atoms with E-state index in [0.29, 0.717) is 13.1 Å². The highest BCUT2D eigenvalue weighted by Crippen LogP contribution is 2.40. The van der Waals surface area contributed by atoms with E-state index >= 15 is 0 Å². The highest BCUT2D eigenvalue weighted by atomic mass is 16.4. The molecular formula is C15H22N2O3. The maximum atomic E-state index is 12.5. The minimum absolute atomic E-state index is 0.0201.